The monoisotopic (exact) mass is 324 g/mol. The van der Waals surface area contributed by atoms with Crippen LogP contribution in [-0.2, 0) is 6.42 Å². The molecule has 2 aromatic rings. The number of rotatable bonds is 11. The molecule has 0 bridgehead atoms. The van der Waals surface area contributed by atoms with Gasteiger partial charge in [-0.2, -0.15) is 0 Å². The topological polar surface area (TPSA) is 0 Å². The molecule has 0 amide bonds. The summed E-state index contributed by atoms with van der Waals surface area (Å²) in [7, 11) is 0. The molecule has 2 rings (SSSR count). The number of aryl methyl sites for hydroxylation is 2. The molecule has 0 aliphatic rings. The van der Waals surface area contributed by atoms with Crippen molar-refractivity contribution in [3.05, 3.63) is 47.0 Å². The molecule has 0 atom stereocenters. The summed E-state index contributed by atoms with van der Waals surface area (Å²) in [4.78, 5) is 0. The second kappa shape index (κ2) is 10.5. The number of hydrogen-bond acceptors (Lipinski definition) is 0. The molecule has 0 N–H and O–H groups in total. The Labute approximate surface area is 149 Å². The van der Waals surface area contributed by atoms with E-state index in [1.807, 2.05) is 0 Å². The van der Waals surface area contributed by atoms with E-state index >= 15 is 0 Å². The van der Waals surface area contributed by atoms with Crippen molar-refractivity contribution in [1.29, 1.82) is 0 Å². The van der Waals surface area contributed by atoms with Gasteiger partial charge in [-0.15, -0.1) is 0 Å². The quantitative estimate of drug-likeness (QED) is 0.368. The van der Waals surface area contributed by atoms with Gasteiger partial charge in [0.2, 0.25) is 0 Å². The fourth-order valence-corrected chi connectivity index (χ4v) is 3.77. The maximum atomic E-state index is 2.42. The van der Waals surface area contributed by atoms with Crippen molar-refractivity contribution in [2.75, 3.05) is 0 Å². The zero-order valence-corrected chi connectivity index (χ0v) is 16.2. The highest BCUT2D eigenvalue weighted by molar-refractivity contribution is 5.87. The lowest BCUT2D eigenvalue weighted by atomic mass is 9.93. The zero-order chi connectivity index (χ0) is 17.2. The summed E-state index contributed by atoms with van der Waals surface area (Å²) in [5, 5.41) is 2.82. The third kappa shape index (κ3) is 5.65. The SMILES string of the molecule is CCCCCCCCCCCCc1cc2ccccc2c(C)c1C. The molecule has 0 unspecified atom stereocenters. The Morgan fingerprint density at radius 1 is 0.667 bits per heavy atom. The van der Waals surface area contributed by atoms with E-state index in [9.17, 15) is 0 Å². The van der Waals surface area contributed by atoms with Crippen LogP contribution in [0.2, 0.25) is 0 Å². The predicted molar refractivity (Wildman–Crippen MR) is 109 cm³/mol. The van der Waals surface area contributed by atoms with Gasteiger partial charge >= 0.3 is 0 Å². The van der Waals surface area contributed by atoms with Crippen LogP contribution in [0.3, 0.4) is 0 Å². The van der Waals surface area contributed by atoms with Gasteiger partial charge in [0, 0.05) is 0 Å². The lowest BCUT2D eigenvalue weighted by Gasteiger charge is -2.12. The van der Waals surface area contributed by atoms with Gasteiger partial charge in [-0.05, 0) is 54.2 Å². The normalized spacial score (nSPS) is 11.3. The van der Waals surface area contributed by atoms with Gasteiger partial charge in [-0.3, -0.25) is 0 Å². The van der Waals surface area contributed by atoms with Gasteiger partial charge in [0.1, 0.15) is 0 Å². The molecule has 0 fully saturated rings. The Morgan fingerprint density at radius 3 is 1.92 bits per heavy atom. The Hall–Kier alpha value is -1.30. The van der Waals surface area contributed by atoms with Crippen LogP contribution in [0.25, 0.3) is 10.8 Å². The third-order valence-corrected chi connectivity index (χ3v) is 5.54. The number of unbranched alkanes of at least 4 members (excludes halogenated alkanes) is 9. The molecular formula is C24H36. The van der Waals surface area contributed by atoms with Gasteiger partial charge in [0.15, 0.2) is 0 Å². The minimum Gasteiger partial charge on any atom is -0.0654 e. The average Bonchev–Trinajstić information content (AvgIpc) is 2.60. The minimum atomic E-state index is 1.24. The second-order valence-electron chi connectivity index (χ2n) is 7.44. The lowest BCUT2D eigenvalue weighted by molar-refractivity contribution is 0.556. The molecule has 132 valence electrons. The van der Waals surface area contributed by atoms with E-state index in [0.29, 0.717) is 0 Å². The molecule has 2 aromatic carbocycles. The number of fused-ring (bicyclic) bond motifs is 1. The average molecular weight is 325 g/mol. The Morgan fingerprint density at radius 2 is 1.25 bits per heavy atom. The fourth-order valence-electron chi connectivity index (χ4n) is 3.77. The molecule has 24 heavy (non-hydrogen) atoms. The highest BCUT2D eigenvalue weighted by atomic mass is 14.1. The highest BCUT2D eigenvalue weighted by Gasteiger charge is 2.06. The molecule has 0 spiro atoms. The van der Waals surface area contributed by atoms with Crippen molar-refractivity contribution < 1.29 is 0 Å². The van der Waals surface area contributed by atoms with Crippen molar-refractivity contribution >= 4 is 10.8 Å². The van der Waals surface area contributed by atoms with Crippen LogP contribution in [-0.4, -0.2) is 0 Å². The second-order valence-corrected chi connectivity index (χ2v) is 7.44. The summed E-state index contributed by atoms with van der Waals surface area (Å²) in [6.07, 6.45) is 15.4. The minimum absolute atomic E-state index is 1.24. The Balaban J connectivity index is 1.69. The molecule has 0 aromatic heterocycles. The van der Waals surface area contributed by atoms with Crippen molar-refractivity contribution in [2.45, 2.75) is 91.4 Å². The molecule has 0 saturated carbocycles. The first-order valence-electron chi connectivity index (χ1n) is 10.2. The predicted octanol–water partition coefficient (Wildman–Crippen LogP) is 7.92. The van der Waals surface area contributed by atoms with Crippen LogP contribution >= 0.6 is 0 Å². The molecule has 0 aliphatic carbocycles. The largest absolute Gasteiger partial charge is 0.0654 e. The van der Waals surface area contributed by atoms with Crippen LogP contribution in [0.5, 0.6) is 0 Å². The van der Waals surface area contributed by atoms with Crippen LogP contribution < -0.4 is 0 Å². The van der Waals surface area contributed by atoms with E-state index in [-0.39, 0.29) is 0 Å². The Bertz CT molecular complexity index is 609. The van der Waals surface area contributed by atoms with Crippen LogP contribution in [0.1, 0.15) is 87.8 Å². The lowest BCUT2D eigenvalue weighted by Crippen LogP contribution is -1.95. The fraction of sp³-hybridized carbons (Fsp3) is 0.583. The van der Waals surface area contributed by atoms with Gasteiger partial charge in [-0.25, -0.2) is 0 Å². The van der Waals surface area contributed by atoms with Crippen molar-refractivity contribution in [3.63, 3.8) is 0 Å². The maximum absolute atomic E-state index is 2.42. The molecule has 0 heterocycles. The summed E-state index contributed by atoms with van der Waals surface area (Å²) >= 11 is 0. The molecule has 0 nitrogen and oxygen atoms in total. The number of hydrogen-bond donors (Lipinski definition) is 0. The number of benzene rings is 2. The van der Waals surface area contributed by atoms with Gasteiger partial charge in [0.05, 0.1) is 0 Å². The van der Waals surface area contributed by atoms with Crippen LogP contribution in [0.15, 0.2) is 30.3 Å². The van der Waals surface area contributed by atoms with E-state index in [1.165, 1.54) is 92.5 Å². The summed E-state index contributed by atoms with van der Waals surface area (Å²) in [6.45, 7) is 6.87. The van der Waals surface area contributed by atoms with Crippen LogP contribution in [0, 0.1) is 13.8 Å². The Kier molecular flexibility index (Phi) is 8.36. The molecule has 0 radical (unpaired) electrons. The van der Waals surface area contributed by atoms with Crippen molar-refractivity contribution in [1.82, 2.24) is 0 Å². The van der Waals surface area contributed by atoms with Crippen LogP contribution in [0.4, 0.5) is 0 Å². The molecular weight excluding hydrogens is 288 g/mol. The van der Waals surface area contributed by atoms with Gasteiger partial charge < -0.3 is 0 Å². The summed E-state index contributed by atoms with van der Waals surface area (Å²) in [5.74, 6) is 0. The molecule has 0 aliphatic heterocycles. The van der Waals surface area contributed by atoms with Gasteiger partial charge in [0.25, 0.3) is 0 Å². The van der Waals surface area contributed by atoms with E-state index in [0.717, 1.165) is 0 Å². The van der Waals surface area contributed by atoms with E-state index in [2.05, 4.69) is 51.1 Å². The third-order valence-electron chi connectivity index (χ3n) is 5.54. The maximum Gasteiger partial charge on any atom is -0.0152 e. The van der Waals surface area contributed by atoms with E-state index in [4.69, 9.17) is 0 Å². The zero-order valence-electron chi connectivity index (χ0n) is 16.2. The smallest absolute Gasteiger partial charge is 0.0152 e. The summed E-state index contributed by atoms with van der Waals surface area (Å²) in [5.41, 5.74) is 4.53. The summed E-state index contributed by atoms with van der Waals surface area (Å²) < 4.78 is 0. The first-order valence-corrected chi connectivity index (χ1v) is 10.2. The van der Waals surface area contributed by atoms with E-state index in [1.54, 1.807) is 5.56 Å². The first-order chi connectivity index (χ1) is 11.7. The summed E-state index contributed by atoms with van der Waals surface area (Å²) in [6, 6.07) is 11.2. The molecule has 0 saturated heterocycles. The highest BCUT2D eigenvalue weighted by Crippen LogP contribution is 2.26. The van der Waals surface area contributed by atoms with Crippen molar-refractivity contribution in [2.24, 2.45) is 0 Å². The standard InChI is InChI=1S/C24H36/c1-4-5-6-7-8-9-10-11-12-13-16-22-19-23-17-14-15-18-24(23)21(3)20(22)2/h14-15,17-19H,4-13,16H2,1-3H3. The van der Waals surface area contributed by atoms with Gasteiger partial charge in [-0.1, -0.05) is 95.0 Å². The van der Waals surface area contributed by atoms with Crippen molar-refractivity contribution in [3.8, 4) is 0 Å². The first kappa shape index (κ1) is 19.0. The van der Waals surface area contributed by atoms with E-state index < -0.39 is 0 Å². The molecule has 0 heteroatoms.